The summed E-state index contributed by atoms with van der Waals surface area (Å²) in [6.45, 7) is 0.314. The number of nitrogens with one attached hydrogen (secondary N) is 1. The van der Waals surface area contributed by atoms with Crippen LogP contribution in [0.2, 0.25) is 0 Å². The second kappa shape index (κ2) is 8.28. The lowest BCUT2D eigenvalue weighted by molar-refractivity contribution is 0.392. The molecule has 0 spiro atoms. The number of benzene rings is 1. The third-order valence-electron chi connectivity index (χ3n) is 3.02. The minimum atomic E-state index is -3.66. The molecule has 0 radical (unpaired) electrons. The molecule has 0 atom stereocenters. The number of methoxy groups -OCH3 is 2. The minimum absolute atomic E-state index is 0.0652. The molecule has 0 aliphatic heterocycles. The molecule has 126 valence electrons. The van der Waals surface area contributed by atoms with E-state index in [9.17, 15) is 8.42 Å². The minimum Gasteiger partial charge on any atom is -0.497 e. The Morgan fingerprint density at radius 3 is 2.70 bits per heavy atom. The van der Waals surface area contributed by atoms with Gasteiger partial charge in [0.15, 0.2) is 0 Å². The molecule has 8 heteroatoms. The zero-order chi connectivity index (χ0) is 16.7. The van der Waals surface area contributed by atoms with Crippen LogP contribution in [0.25, 0.3) is 0 Å². The molecule has 0 fully saturated rings. The molecule has 1 aromatic carbocycles. The second-order valence-electron chi connectivity index (χ2n) is 4.55. The Hall–Kier alpha value is -1.64. The molecule has 2 aromatic rings. The van der Waals surface area contributed by atoms with Crippen LogP contribution in [0.3, 0.4) is 0 Å². The van der Waals surface area contributed by atoms with Crippen molar-refractivity contribution in [3.8, 4) is 11.5 Å². The summed E-state index contributed by atoms with van der Waals surface area (Å²) in [7, 11) is -0.748. The Morgan fingerprint density at radius 1 is 1.22 bits per heavy atom. The molecule has 0 bridgehead atoms. The fourth-order valence-electron chi connectivity index (χ4n) is 1.89. The number of hydrogen-bond donors (Lipinski definition) is 1. The molecular formula is C15H19NO5S2. The molecule has 1 heterocycles. The van der Waals surface area contributed by atoms with E-state index in [2.05, 4.69) is 4.72 Å². The van der Waals surface area contributed by atoms with E-state index < -0.39 is 10.0 Å². The van der Waals surface area contributed by atoms with Crippen LogP contribution in [0.5, 0.6) is 11.5 Å². The summed E-state index contributed by atoms with van der Waals surface area (Å²) in [6.07, 6.45) is 1.62. The molecule has 0 unspecified atom stereocenters. The topological polar surface area (TPSA) is 77.8 Å². The molecule has 6 nitrogen and oxygen atoms in total. The lowest BCUT2D eigenvalue weighted by atomic mass is 10.3. The van der Waals surface area contributed by atoms with E-state index >= 15 is 0 Å². The predicted molar refractivity (Wildman–Crippen MR) is 89.6 cm³/mol. The molecular weight excluding hydrogens is 338 g/mol. The van der Waals surface area contributed by atoms with Gasteiger partial charge in [0.2, 0.25) is 10.0 Å². The summed E-state index contributed by atoms with van der Waals surface area (Å²) in [5.41, 5.74) is 0. The fourth-order valence-corrected chi connectivity index (χ4v) is 3.99. The van der Waals surface area contributed by atoms with Crippen molar-refractivity contribution in [2.24, 2.45) is 0 Å². The number of furan rings is 1. The SMILES string of the molecule is COc1ccc(OC)c(S(=O)(=O)NCCSCc2ccco2)c1. The third kappa shape index (κ3) is 4.92. The highest BCUT2D eigenvalue weighted by molar-refractivity contribution is 7.98. The maximum atomic E-state index is 12.4. The fraction of sp³-hybridized carbons (Fsp3) is 0.333. The van der Waals surface area contributed by atoms with E-state index in [1.54, 1.807) is 30.2 Å². The lowest BCUT2D eigenvalue weighted by Crippen LogP contribution is -2.26. The molecule has 0 aliphatic carbocycles. The summed E-state index contributed by atoms with van der Waals surface area (Å²) in [6, 6.07) is 8.37. The van der Waals surface area contributed by atoms with Crippen molar-refractivity contribution in [3.05, 3.63) is 42.4 Å². The maximum Gasteiger partial charge on any atom is 0.244 e. The number of ether oxygens (including phenoxy) is 2. The molecule has 1 N–H and O–H groups in total. The zero-order valence-corrected chi connectivity index (χ0v) is 14.6. The first kappa shape index (κ1) is 17.7. The van der Waals surface area contributed by atoms with E-state index in [0.29, 0.717) is 23.8 Å². The third-order valence-corrected chi connectivity index (χ3v) is 5.49. The number of sulfonamides is 1. The zero-order valence-electron chi connectivity index (χ0n) is 12.9. The van der Waals surface area contributed by atoms with Crippen LogP contribution >= 0.6 is 11.8 Å². The van der Waals surface area contributed by atoms with Gasteiger partial charge in [0.05, 0.1) is 26.2 Å². The second-order valence-corrected chi connectivity index (χ2v) is 7.39. The smallest absolute Gasteiger partial charge is 0.244 e. The summed E-state index contributed by atoms with van der Waals surface area (Å²) >= 11 is 1.59. The summed E-state index contributed by atoms with van der Waals surface area (Å²) < 4.78 is 42.8. The van der Waals surface area contributed by atoms with Gasteiger partial charge in [-0.25, -0.2) is 13.1 Å². The highest BCUT2D eigenvalue weighted by atomic mass is 32.2. The quantitative estimate of drug-likeness (QED) is 0.695. The normalized spacial score (nSPS) is 11.4. The van der Waals surface area contributed by atoms with Crippen molar-refractivity contribution in [1.29, 1.82) is 0 Å². The van der Waals surface area contributed by atoms with Crippen LogP contribution in [0, 0.1) is 0 Å². The van der Waals surface area contributed by atoms with Crippen LogP contribution in [0.15, 0.2) is 45.9 Å². The van der Waals surface area contributed by atoms with E-state index in [1.807, 2.05) is 12.1 Å². The summed E-state index contributed by atoms with van der Waals surface area (Å²) in [5.74, 6) is 2.94. The number of rotatable bonds is 9. The Labute approximate surface area is 140 Å². The summed E-state index contributed by atoms with van der Waals surface area (Å²) in [4.78, 5) is 0.0652. The van der Waals surface area contributed by atoms with E-state index in [4.69, 9.17) is 13.9 Å². The van der Waals surface area contributed by atoms with Gasteiger partial charge >= 0.3 is 0 Å². The molecule has 0 amide bonds. The van der Waals surface area contributed by atoms with Crippen molar-refractivity contribution < 1.29 is 22.3 Å². The number of hydrogen-bond acceptors (Lipinski definition) is 6. The van der Waals surface area contributed by atoms with Crippen molar-refractivity contribution in [1.82, 2.24) is 4.72 Å². The Bertz CT molecular complexity index is 713. The monoisotopic (exact) mass is 357 g/mol. The first-order valence-corrected chi connectivity index (χ1v) is 9.52. The van der Waals surface area contributed by atoms with Crippen LogP contribution in [0.1, 0.15) is 5.76 Å². The standard InChI is InChI=1S/C15H19NO5S2/c1-19-12-5-6-14(20-2)15(10-12)23(17,18)16-7-9-22-11-13-4-3-8-21-13/h3-6,8,10,16H,7,9,11H2,1-2H3. The first-order valence-electron chi connectivity index (χ1n) is 6.88. The van der Waals surface area contributed by atoms with Gasteiger partial charge in [-0.3, -0.25) is 0 Å². The largest absolute Gasteiger partial charge is 0.497 e. The summed E-state index contributed by atoms with van der Waals surface area (Å²) in [5, 5.41) is 0. The van der Waals surface area contributed by atoms with Gasteiger partial charge in [0.1, 0.15) is 22.2 Å². The van der Waals surface area contributed by atoms with E-state index in [-0.39, 0.29) is 10.6 Å². The van der Waals surface area contributed by atoms with E-state index in [0.717, 1.165) is 5.76 Å². The molecule has 0 saturated heterocycles. The molecule has 23 heavy (non-hydrogen) atoms. The van der Waals surface area contributed by atoms with Gasteiger partial charge in [-0.15, -0.1) is 0 Å². The van der Waals surface area contributed by atoms with Gasteiger partial charge in [0, 0.05) is 18.4 Å². The Kier molecular flexibility index (Phi) is 6.37. The van der Waals surface area contributed by atoms with Crippen molar-refractivity contribution in [3.63, 3.8) is 0 Å². The number of thioether (sulfide) groups is 1. The van der Waals surface area contributed by atoms with Gasteiger partial charge in [0.25, 0.3) is 0 Å². The molecule has 0 aliphatic rings. The van der Waals surface area contributed by atoms with Gasteiger partial charge < -0.3 is 13.9 Å². The van der Waals surface area contributed by atoms with Crippen molar-refractivity contribution in [2.75, 3.05) is 26.5 Å². The van der Waals surface area contributed by atoms with Gasteiger partial charge in [-0.1, -0.05) is 0 Å². The van der Waals surface area contributed by atoms with Crippen LogP contribution in [-0.2, 0) is 15.8 Å². The maximum absolute atomic E-state index is 12.4. The van der Waals surface area contributed by atoms with Gasteiger partial charge in [-0.05, 0) is 24.3 Å². The van der Waals surface area contributed by atoms with E-state index in [1.165, 1.54) is 20.3 Å². The molecule has 0 saturated carbocycles. The Morgan fingerprint density at radius 2 is 2.04 bits per heavy atom. The highest BCUT2D eigenvalue weighted by Gasteiger charge is 2.20. The van der Waals surface area contributed by atoms with Gasteiger partial charge in [-0.2, -0.15) is 11.8 Å². The van der Waals surface area contributed by atoms with Crippen LogP contribution in [0.4, 0.5) is 0 Å². The molecule has 2 rings (SSSR count). The molecule has 1 aromatic heterocycles. The lowest BCUT2D eigenvalue weighted by Gasteiger charge is -2.12. The van der Waals surface area contributed by atoms with Crippen molar-refractivity contribution in [2.45, 2.75) is 10.6 Å². The average Bonchev–Trinajstić information content (AvgIpc) is 3.07. The highest BCUT2D eigenvalue weighted by Crippen LogP contribution is 2.27. The Balaban J connectivity index is 1.93. The van der Waals surface area contributed by atoms with Crippen molar-refractivity contribution >= 4 is 21.8 Å². The predicted octanol–water partition coefficient (Wildman–Crippen LogP) is 2.51. The first-order chi connectivity index (χ1) is 11.1. The average molecular weight is 357 g/mol. The van der Waals surface area contributed by atoms with Crippen LogP contribution in [-0.4, -0.2) is 34.9 Å². The van der Waals surface area contributed by atoms with Crippen LogP contribution < -0.4 is 14.2 Å².